The summed E-state index contributed by atoms with van der Waals surface area (Å²) in [5, 5.41) is 3.32. The second kappa shape index (κ2) is 5.45. The van der Waals surface area contributed by atoms with Crippen LogP contribution in [0.3, 0.4) is 0 Å². The Morgan fingerprint density at radius 3 is 2.44 bits per heavy atom. The van der Waals surface area contributed by atoms with Gasteiger partial charge in [0.15, 0.2) is 17.7 Å². The van der Waals surface area contributed by atoms with Crippen molar-refractivity contribution in [1.82, 2.24) is 0 Å². The van der Waals surface area contributed by atoms with Gasteiger partial charge < -0.3 is 13.9 Å². The minimum atomic E-state index is -1.31. The van der Waals surface area contributed by atoms with E-state index in [-0.39, 0.29) is 0 Å². The lowest BCUT2D eigenvalue weighted by molar-refractivity contribution is -1.05. The van der Waals surface area contributed by atoms with Crippen LogP contribution in [0.25, 0.3) is 44.2 Å². The van der Waals surface area contributed by atoms with Gasteiger partial charge >= 0.3 is 11.9 Å². The molecule has 32 heavy (non-hydrogen) atoms. The Morgan fingerprint density at radius 2 is 1.44 bits per heavy atom. The molecule has 2 aromatic heterocycles. The van der Waals surface area contributed by atoms with Gasteiger partial charge in [-0.3, -0.25) is 0 Å². The zero-order chi connectivity index (χ0) is 20.9. The zero-order valence-electron chi connectivity index (χ0n) is 16.9. The van der Waals surface area contributed by atoms with E-state index < -0.39 is 6.03 Å². The minimum absolute atomic E-state index is 0.698. The topological polar surface area (TPSA) is 39.4 Å². The van der Waals surface area contributed by atoms with Gasteiger partial charge in [0.2, 0.25) is 11.1 Å². The Morgan fingerprint density at radius 1 is 0.656 bits per heavy atom. The molecule has 0 N–H and O–H groups in total. The number of nitrogens with zero attached hydrogens (tertiary/aromatic N) is 2. The third-order valence-electron chi connectivity index (χ3n) is 6.47. The number of pyridine rings is 1. The van der Waals surface area contributed by atoms with Crippen molar-refractivity contribution in [2.75, 3.05) is 0 Å². The monoisotopic (exact) mass is 416 g/mol. The Hall–Kier alpha value is -4.38. The lowest BCUT2D eigenvalue weighted by Gasteiger charge is -2.29. The van der Waals surface area contributed by atoms with E-state index in [2.05, 4.69) is 28.8 Å². The molecule has 5 heteroatoms. The Balaban J connectivity index is 1.60. The fourth-order valence-electron chi connectivity index (χ4n) is 5.15. The standard InChI is InChI=1S/C27H16N2O3/c1-3-11-21-19(9-1)26-29(20-10-2-4-12-22(20)30-26)27(31-21)28-16-6-8-18-15-14-17-7-5-13-23(32-27)24(17)25(18)28/h1-16H/q+2. The van der Waals surface area contributed by atoms with E-state index >= 15 is 0 Å². The van der Waals surface area contributed by atoms with Gasteiger partial charge in [-0.25, -0.2) is 0 Å². The number of rotatable bonds is 0. The van der Waals surface area contributed by atoms with Crippen molar-refractivity contribution in [1.29, 1.82) is 0 Å². The summed E-state index contributed by atoms with van der Waals surface area (Å²) in [4.78, 5) is 0. The van der Waals surface area contributed by atoms with Crippen molar-refractivity contribution < 1.29 is 23.0 Å². The Bertz CT molecular complexity index is 1750. The van der Waals surface area contributed by atoms with Crippen LogP contribution in [-0.2, 0) is 6.03 Å². The van der Waals surface area contributed by atoms with E-state index in [0.717, 1.165) is 44.1 Å². The number of ether oxygens (including phenoxy) is 2. The fraction of sp³-hybridized carbons (Fsp3) is 0.0370. The molecular weight excluding hydrogens is 400 g/mol. The first-order valence-corrected chi connectivity index (χ1v) is 10.6. The van der Waals surface area contributed by atoms with Crippen molar-refractivity contribution in [3.05, 3.63) is 97.2 Å². The third kappa shape index (κ3) is 1.81. The Labute approximate surface area is 182 Å². The summed E-state index contributed by atoms with van der Waals surface area (Å²) in [6.07, 6.45) is 2.02. The number of hydrogen-bond acceptors (Lipinski definition) is 3. The smallest absolute Gasteiger partial charge is 0.397 e. The molecule has 2 aliphatic rings. The molecule has 0 radical (unpaired) electrons. The molecule has 5 nitrogen and oxygen atoms in total. The molecule has 1 spiro atoms. The molecule has 0 saturated carbocycles. The van der Waals surface area contributed by atoms with Gasteiger partial charge in [-0.2, -0.15) is 0 Å². The highest BCUT2D eigenvalue weighted by atomic mass is 16.7. The molecule has 6 aromatic rings. The van der Waals surface area contributed by atoms with E-state index in [1.165, 1.54) is 0 Å². The first-order chi connectivity index (χ1) is 15.8. The maximum atomic E-state index is 6.82. The molecular formula is C27H16N2O3+2. The van der Waals surface area contributed by atoms with Crippen molar-refractivity contribution >= 4 is 32.8 Å². The van der Waals surface area contributed by atoms with E-state index in [9.17, 15) is 0 Å². The largest absolute Gasteiger partial charge is 0.718 e. The molecule has 1 atom stereocenters. The van der Waals surface area contributed by atoms with Gasteiger partial charge in [0.1, 0.15) is 5.56 Å². The van der Waals surface area contributed by atoms with Crippen LogP contribution in [0.15, 0.2) is 102 Å². The van der Waals surface area contributed by atoms with Crippen LogP contribution in [0.4, 0.5) is 0 Å². The van der Waals surface area contributed by atoms with Crippen LogP contribution in [0, 0.1) is 0 Å². The summed E-state index contributed by atoms with van der Waals surface area (Å²) in [6.45, 7) is 0. The molecule has 0 aliphatic carbocycles. The predicted molar refractivity (Wildman–Crippen MR) is 118 cm³/mol. The molecule has 150 valence electrons. The SMILES string of the molecule is c1ccc2c(c1)OC1(Oc3cccc4ccc5ccc[n+]1c5c34)[n+]1c-2oc2ccccc21. The molecule has 0 bridgehead atoms. The average Bonchev–Trinajstić information content (AvgIpc) is 3.24. The molecule has 0 amide bonds. The summed E-state index contributed by atoms with van der Waals surface area (Å²) in [5.74, 6) is 2.19. The highest BCUT2D eigenvalue weighted by molar-refractivity contribution is 6.07. The van der Waals surface area contributed by atoms with E-state index in [0.29, 0.717) is 11.6 Å². The maximum absolute atomic E-state index is 6.82. The number of para-hydroxylation sites is 3. The first-order valence-electron chi connectivity index (χ1n) is 10.6. The number of aromatic nitrogens is 2. The fourth-order valence-corrected chi connectivity index (χ4v) is 5.15. The summed E-state index contributed by atoms with van der Waals surface area (Å²) in [7, 11) is 0. The van der Waals surface area contributed by atoms with E-state index in [1.54, 1.807) is 0 Å². The molecule has 0 saturated heterocycles. The molecule has 0 fully saturated rings. The molecule has 1 unspecified atom stereocenters. The zero-order valence-corrected chi connectivity index (χ0v) is 16.9. The van der Waals surface area contributed by atoms with Gasteiger partial charge in [0.05, 0.1) is 5.39 Å². The van der Waals surface area contributed by atoms with Crippen molar-refractivity contribution in [3.63, 3.8) is 0 Å². The molecule has 4 heterocycles. The number of benzene rings is 4. The van der Waals surface area contributed by atoms with Crippen LogP contribution in [0.2, 0.25) is 0 Å². The maximum Gasteiger partial charge on any atom is 0.718 e. The van der Waals surface area contributed by atoms with Crippen LogP contribution < -0.4 is 18.6 Å². The first kappa shape index (κ1) is 16.3. The quantitative estimate of drug-likeness (QED) is 0.262. The average molecular weight is 416 g/mol. The Kier molecular flexibility index (Phi) is 2.78. The van der Waals surface area contributed by atoms with Crippen molar-refractivity contribution in [3.8, 4) is 23.0 Å². The number of oxazole rings is 1. The molecule has 8 rings (SSSR count). The summed E-state index contributed by atoms with van der Waals surface area (Å²) >= 11 is 0. The van der Waals surface area contributed by atoms with Gasteiger partial charge in [0.25, 0.3) is 5.52 Å². The van der Waals surface area contributed by atoms with Crippen LogP contribution >= 0.6 is 0 Å². The number of hydrogen-bond donors (Lipinski definition) is 0. The number of fused-ring (bicyclic) bond motifs is 7. The minimum Gasteiger partial charge on any atom is -0.397 e. The van der Waals surface area contributed by atoms with Crippen LogP contribution in [0.1, 0.15) is 0 Å². The third-order valence-corrected chi connectivity index (χ3v) is 6.47. The van der Waals surface area contributed by atoms with Gasteiger partial charge in [0, 0.05) is 17.5 Å². The van der Waals surface area contributed by atoms with E-state index in [1.807, 2.05) is 77.5 Å². The predicted octanol–water partition coefficient (Wildman–Crippen LogP) is 4.88. The van der Waals surface area contributed by atoms with Gasteiger partial charge in [-0.15, -0.1) is 0 Å². The summed E-state index contributed by atoms with van der Waals surface area (Å²) < 4.78 is 24.1. The van der Waals surface area contributed by atoms with E-state index in [4.69, 9.17) is 13.9 Å². The van der Waals surface area contributed by atoms with Crippen LogP contribution in [-0.4, -0.2) is 0 Å². The normalized spacial score (nSPS) is 18.0. The molecule has 4 aromatic carbocycles. The molecule has 2 aliphatic heterocycles. The van der Waals surface area contributed by atoms with Crippen LogP contribution in [0.5, 0.6) is 11.5 Å². The van der Waals surface area contributed by atoms with Gasteiger partial charge in [-0.1, -0.05) is 47.0 Å². The second-order valence-electron chi connectivity index (χ2n) is 8.19. The summed E-state index contributed by atoms with van der Waals surface area (Å²) in [6, 6.07) is 29.2. The van der Waals surface area contributed by atoms with Crippen molar-refractivity contribution in [2.45, 2.75) is 6.03 Å². The lowest BCUT2D eigenvalue weighted by Crippen LogP contribution is -2.81. The lowest BCUT2D eigenvalue weighted by atomic mass is 10.0. The highest BCUT2D eigenvalue weighted by Crippen LogP contribution is 2.43. The summed E-state index contributed by atoms with van der Waals surface area (Å²) in [5.41, 5.74) is 3.63. The van der Waals surface area contributed by atoms with Gasteiger partial charge in [-0.05, 0) is 46.4 Å². The second-order valence-corrected chi connectivity index (χ2v) is 8.19. The van der Waals surface area contributed by atoms with Crippen molar-refractivity contribution in [2.24, 2.45) is 0 Å². The highest BCUT2D eigenvalue weighted by Gasteiger charge is 2.68.